The van der Waals surface area contributed by atoms with Crippen molar-refractivity contribution in [3.8, 4) is 5.75 Å². The second-order valence-corrected chi connectivity index (χ2v) is 6.85. The van der Waals surface area contributed by atoms with Gasteiger partial charge in [0.05, 0.1) is 6.61 Å². The number of ketones is 1. The number of hydrogen-bond donors (Lipinski definition) is 0. The Morgan fingerprint density at radius 1 is 1.04 bits per heavy atom. The van der Waals surface area contributed by atoms with Crippen LogP contribution in [0.1, 0.15) is 64.0 Å². The van der Waals surface area contributed by atoms with Gasteiger partial charge in [0.15, 0.2) is 6.10 Å². The molecule has 1 aromatic carbocycles. The second kappa shape index (κ2) is 8.42. The van der Waals surface area contributed by atoms with Gasteiger partial charge in [-0.2, -0.15) is 0 Å². The van der Waals surface area contributed by atoms with Gasteiger partial charge in [-0.1, -0.05) is 6.07 Å². The molecule has 5 nitrogen and oxygen atoms in total. The van der Waals surface area contributed by atoms with E-state index in [9.17, 15) is 9.59 Å². The van der Waals surface area contributed by atoms with Crippen molar-refractivity contribution < 1.29 is 19.1 Å². The molecule has 1 atom stereocenters. The molecule has 1 heterocycles. The molecule has 5 heteroatoms. The fraction of sp³-hybridized carbons (Fsp3) is 0.455. The van der Waals surface area contributed by atoms with E-state index in [4.69, 9.17) is 9.47 Å². The number of Topliss-reactive ketones (excluding diaryl/α,β-unsaturated/α-hetero) is 1. The highest BCUT2D eigenvalue weighted by Gasteiger charge is 2.29. The third-order valence-electron chi connectivity index (χ3n) is 4.68. The Morgan fingerprint density at radius 3 is 2.15 bits per heavy atom. The summed E-state index contributed by atoms with van der Waals surface area (Å²) < 4.78 is 12.9. The minimum Gasteiger partial charge on any atom is -0.483 e. The van der Waals surface area contributed by atoms with Crippen molar-refractivity contribution in [2.24, 2.45) is 0 Å². The van der Waals surface area contributed by atoms with Crippen LogP contribution >= 0.6 is 0 Å². The van der Waals surface area contributed by atoms with E-state index in [0.717, 1.165) is 16.8 Å². The molecule has 27 heavy (non-hydrogen) atoms. The van der Waals surface area contributed by atoms with E-state index in [1.54, 1.807) is 20.8 Å². The van der Waals surface area contributed by atoms with E-state index in [2.05, 4.69) is 6.07 Å². The number of carbonyl (C=O) groups excluding carboxylic acids is 2. The van der Waals surface area contributed by atoms with Crippen molar-refractivity contribution in [2.45, 2.75) is 61.1 Å². The maximum atomic E-state index is 13.1. The summed E-state index contributed by atoms with van der Waals surface area (Å²) in [6.45, 7) is 14.0. The van der Waals surface area contributed by atoms with Gasteiger partial charge in [-0.3, -0.25) is 4.79 Å². The van der Waals surface area contributed by atoms with E-state index >= 15 is 0 Å². The number of benzene rings is 1. The zero-order chi connectivity index (χ0) is 20.3. The Bertz CT molecular complexity index is 843. The first-order valence-corrected chi connectivity index (χ1v) is 9.37. The Balaban J connectivity index is 2.38. The maximum Gasteiger partial charge on any atom is 0.355 e. The van der Waals surface area contributed by atoms with Crippen LogP contribution in [0.4, 0.5) is 0 Å². The molecule has 0 bridgehead atoms. The smallest absolute Gasteiger partial charge is 0.355 e. The first-order valence-electron chi connectivity index (χ1n) is 9.37. The summed E-state index contributed by atoms with van der Waals surface area (Å²) in [5, 5.41) is 0. The molecule has 0 fully saturated rings. The lowest BCUT2D eigenvalue weighted by molar-refractivity contribution is 0.0512. The molecule has 0 amide bonds. The zero-order valence-corrected chi connectivity index (χ0v) is 17.3. The number of hydrogen-bond acceptors (Lipinski definition) is 4. The highest BCUT2D eigenvalue weighted by Crippen LogP contribution is 2.26. The van der Waals surface area contributed by atoms with Crippen molar-refractivity contribution in [1.29, 1.82) is 0 Å². The zero-order valence-electron chi connectivity index (χ0n) is 17.3. The van der Waals surface area contributed by atoms with E-state index in [1.807, 2.05) is 44.4 Å². The van der Waals surface area contributed by atoms with Crippen LogP contribution in [0.25, 0.3) is 0 Å². The molecule has 0 radical (unpaired) electrons. The summed E-state index contributed by atoms with van der Waals surface area (Å²) in [7, 11) is 0. The molecule has 1 aromatic heterocycles. The molecule has 0 aliphatic carbocycles. The molecular weight excluding hydrogens is 342 g/mol. The van der Waals surface area contributed by atoms with Crippen LogP contribution in [0, 0.1) is 27.7 Å². The first kappa shape index (κ1) is 20.7. The number of aromatic nitrogens is 1. The molecule has 146 valence electrons. The summed E-state index contributed by atoms with van der Waals surface area (Å²) in [4.78, 5) is 25.5. The molecular formula is C22H29NO4. The monoisotopic (exact) mass is 371 g/mol. The summed E-state index contributed by atoms with van der Waals surface area (Å²) in [6.07, 6.45) is -0.661. The SMILES string of the molecule is CCOC(=O)c1c(C)c(C(=O)C(C)Oc2cc(C)cc(C)c2)c(C)n1CC. The van der Waals surface area contributed by atoms with E-state index in [0.29, 0.717) is 35.7 Å². The van der Waals surface area contributed by atoms with Crippen LogP contribution in [0.2, 0.25) is 0 Å². The van der Waals surface area contributed by atoms with Crippen molar-refractivity contribution in [2.75, 3.05) is 6.61 Å². The molecule has 1 unspecified atom stereocenters. The van der Waals surface area contributed by atoms with E-state index in [1.165, 1.54) is 0 Å². The summed E-state index contributed by atoms with van der Waals surface area (Å²) in [5.74, 6) is 0.132. The number of ether oxygens (including phenoxy) is 2. The quantitative estimate of drug-likeness (QED) is 0.528. The number of aryl methyl sites for hydroxylation is 2. The minimum atomic E-state index is -0.661. The molecule has 0 saturated heterocycles. The van der Waals surface area contributed by atoms with Gasteiger partial charge in [-0.25, -0.2) is 4.79 Å². The molecule has 0 N–H and O–H groups in total. The molecule has 2 aromatic rings. The van der Waals surface area contributed by atoms with Crippen LogP contribution in [0.3, 0.4) is 0 Å². The fourth-order valence-electron chi connectivity index (χ4n) is 3.58. The predicted molar refractivity (Wildman–Crippen MR) is 106 cm³/mol. The largest absolute Gasteiger partial charge is 0.483 e. The van der Waals surface area contributed by atoms with Crippen molar-refractivity contribution in [1.82, 2.24) is 4.57 Å². The number of carbonyl (C=O) groups is 2. The lowest BCUT2D eigenvalue weighted by Crippen LogP contribution is -2.25. The molecule has 2 rings (SSSR count). The Kier molecular flexibility index (Phi) is 6.47. The van der Waals surface area contributed by atoms with Gasteiger partial charge in [0.25, 0.3) is 0 Å². The predicted octanol–water partition coefficient (Wildman–Crippen LogP) is 4.57. The average Bonchev–Trinajstić information content (AvgIpc) is 2.83. The third-order valence-corrected chi connectivity index (χ3v) is 4.68. The lowest BCUT2D eigenvalue weighted by atomic mass is 10.0. The van der Waals surface area contributed by atoms with Gasteiger partial charge in [0.2, 0.25) is 5.78 Å². The number of rotatable bonds is 7. The summed E-state index contributed by atoms with van der Waals surface area (Å²) in [5.41, 5.74) is 4.56. The third kappa shape index (κ3) is 4.24. The fourth-order valence-corrected chi connectivity index (χ4v) is 3.58. The van der Waals surface area contributed by atoms with Gasteiger partial charge in [-0.05, 0) is 77.3 Å². The molecule has 0 aliphatic rings. The Morgan fingerprint density at radius 2 is 1.63 bits per heavy atom. The standard InChI is InChI=1S/C22H29NO4/c1-8-23-16(6)19(15(5)20(23)22(25)26-9-2)21(24)17(7)27-18-11-13(3)10-14(4)12-18/h10-12,17H,8-9H2,1-7H3. The van der Waals surface area contributed by atoms with Gasteiger partial charge in [0.1, 0.15) is 11.4 Å². The van der Waals surface area contributed by atoms with Crippen LogP contribution in [0.5, 0.6) is 5.75 Å². The maximum absolute atomic E-state index is 13.1. The van der Waals surface area contributed by atoms with Crippen molar-refractivity contribution in [3.63, 3.8) is 0 Å². The van der Waals surface area contributed by atoms with Crippen molar-refractivity contribution in [3.05, 3.63) is 51.8 Å². The van der Waals surface area contributed by atoms with E-state index in [-0.39, 0.29) is 5.78 Å². The van der Waals surface area contributed by atoms with Gasteiger partial charge >= 0.3 is 5.97 Å². The highest BCUT2D eigenvalue weighted by molar-refractivity contribution is 6.05. The number of nitrogens with zero attached hydrogens (tertiary/aromatic N) is 1. The van der Waals surface area contributed by atoms with E-state index < -0.39 is 12.1 Å². The minimum absolute atomic E-state index is 0.137. The van der Waals surface area contributed by atoms with Gasteiger partial charge < -0.3 is 14.0 Å². The Hall–Kier alpha value is -2.56. The lowest BCUT2D eigenvalue weighted by Gasteiger charge is -2.15. The van der Waals surface area contributed by atoms with Crippen molar-refractivity contribution >= 4 is 11.8 Å². The topological polar surface area (TPSA) is 57.5 Å². The normalized spacial score (nSPS) is 12.0. The summed E-state index contributed by atoms with van der Waals surface area (Å²) >= 11 is 0. The first-order chi connectivity index (χ1) is 12.7. The molecule has 0 spiro atoms. The van der Waals surface area contributed by atoms with Crippen LogP contribution in [-0.2, 0) is 11.3 Å². The second-order valence-electron chi connectivity index (χ2n) is 6.85. The van der Waals surface area contributed by atoms with Crippen LogP contribution in [-0.4, -0.2) is 29.0 Å². The number of esters is 1. The molecule has 0 saturated carbocycles. The highest BCUT2D eigenvalue weighted by atomic mass is 16.5. The molecule has 0 aliphatic heterocycles. The average molecular weight is 371 g/mol. The van der Waals surface area contributed by atoms with Crippen LogP contribution < -0.4 is 4.74 Å². The summed E-state index contributed by atoms with van der Waals surface area (Å²) in [6, 6.07) is 5.89. The van der Waals surface area contributed by atoms with Crippen LogP contribution in [0.15, 0.2) is 18.2 Å². The van der Waals surface area contributed by atoms with Gasteiger partial charge in [0, 0.05) is 17.8 Å². The Labute approximate surface area is 161 Å². The van der Waals surface area contributed by atoms with Gasteiger partial charge in [-0.15, -0.1) is 0 Å².